The molecule has 0 aliphatic rings. The van der Waals surface area contributed by atoms with Crippen LogP contribution in [0.25, 0.3) is 0 Å². The Morgan fingerprint density at radius 2 is 2.11 bits per heavy atom. The lowest BCUT2D eigenvalue weighted by molar-refractivity contribution is -0.129. The normalized spacial score (nSPS) is 10.3. The zero-order chi connectivity index (χ0) is 13.0. The highest BCUT2D eigenvalue weighted by molar-refractivity contribution is 5.79. The Morgan fingerprint density at radius 1 is 1.33 bits per heavy atom. The fourth-order valence-electron chi connectivity index (χ4n) is 1.70. The smallest absolute Gasteiger partial charge is 0.227 e. The van der Waals surface area contributed by atoms with Gasteiger partial charge in [0.15, 0.2) is 0 Å². The maximum absolute atomic E-state index is 12.0. The molecular formula is C14H15NO3. The summed E-state index contributed by atoms with van der Waals surface area (Å²) in [6.07, 6.45) is 3.39. The van der Waals surface area contributed by atoms with Gasteiger partial charge in [-0.1, -0.05) is 18.2 Å². The van der Waals surface area contributed by atoms with Crippen molar-refractivity contribution in [3.8, 4) is 5.75 Å². The standard InChI is InChI=1S/C14H15NO3/c1-15(9-11-6-7-18-10-11)14(17)8-12-4-2-3-5-13(12)16/h2-7,10,16H,8-9H2,1H3. The number of likely N-dealkylation sites (N-methyl/N-ethyl adjacent to an activating group) is 1. The molecule has 0 aliphatic carbocycles. The molecule has 1 N–H and O–H groups in total. The quantitative estimate of drug-likeness (QED) is 0.898. The van der Waals surface area contributed by atoms with Crippen molar-refractivity contribution in [3.05, 3.63) is 54.0 Å². The molecule has 0 spiro atoms. The van der Waals surface area contributed by atoms with Gasteiger partial charge in [0.25, 0.3) is 0 Å². The molecule has 1 heterocycles. The molecule has 2 rings (SSSR count). The molecule has 18 heavy (non-hydrogen) atoms. The zero-order valence-electron chi connectivity index (χ0n) is 10.2. The van der Waals surface area contributed by atoms with Gasteiger partial charge >= 0.3 is 0 Å². The molecule has 1 aromatic heterocycles. The molecule has 0 saturated carbocycles. The second kappa shape index (κ2) is 5.40. The molecule has 0 fully saturated rings. The van der Waals surface area contributed by atoms with Crippen molar-refractivity contribution in [2.24, 2.45) is 0 Å². The summed E-state index contributed by atoms with van der Waals surface area (Å²) in [7, 11) is 1.73. The van der Waals surface area contributed by atoms with Gasteiger partial charge in [0.05, 0.1) is 18.9 Å². The topological polar surface area (TPSA) is 53.7 Å². The van der Waals surface area contributed by atoms with E-state index in [2.05, 4.69) is 0 Å². The average molecular weight is 245 g/mol. The van der Waals surface area contributed by atoms with Gasteiger partial charge in [-0.2, -0.15) is 0 Å². The molecule has 0 bridgehead atoms. The number of carbonyl (C=O) groups is 1. The van der Waals surface area contributed by atoms with Crippen LogP contribution in [0.5, 0.6) is 5.75 Å². The summed E-state index contributed by atoms with van der Waals surface area (Å²) >= 11 is 0. The van der Waals surface area contributed by atoms with Crippen molar-refractivity contribution in [2.45, 2.75) is 13.0 Å². The van der Waals surface area contributed by atoms with E-state index in [0.717, 1.165) is 5.56 Å². The summed E-state index contributed by atoms with van der Waals surface area (Å²) < 4.78 is 4.95. The maximum Gasteiger partial charge on any atom is 0.227 e. The molecule has 2 aromatic rings. The highest BCUT2D eigenvalue weighted by atomic mass is 16.3. The van der Waals surface area contributed by atoms with E-state index in [9.17, 15) is 9.90 Å². The van der Waals surface area contributed by atoms with Gasteiger partial charge in [-0.15, -0.1) is 0 Å². The molecule has 0 unspecified atom stereocenters. The van der Waals surface area contributed by atoms with Crippen molar-refractivity contribution >= 4 is 5.91 Å². The molecule has 0 atom stereocenters. The summed E-state index contributed by atoms with van der Waals surface area (Å²) in [6.45, 7) is 0.503. The number of benzene rings is 1. The van der Waals surface area contributed by atoms with Crippen LogP contribution in [-0.4, -0.2) is 23.0 Å². The number of phenols is 1. The molecule has 1 aromatic carbocycles. The van der Waals surface area contributed by atoms with E-state index in [0.29, 0.717) is 12.1 Å². The van der Waals surface area contributed by atoms with Crippen LogP contribution in [0.1, 0.15) is 11.1 Å². The van der Waals surface area contributed by atoms with Crippen LogP contribution in [0.2, 0.25) is 0 Å². The van der Waals surface area contributed by atoms with Gasteiger partial charge in [0.2, 0.25) is 5.91 Å². The molecular weight excluding hydrogens is 230 g/mol. The van der Waals surface area contributed by atoms with E-state index in [1.807, 2.05) is 6.07 Å². The minimum Gasteiger partial charge on any atom is -0.508 e. The van der Waals surface area contributed by atoms with E-state index in [1.54, 1.807) is 48.7 Å². The second-order valence-corrected chi connectivity index (χ2v) is 4.19. The number of hydrogen-bond donors (Lipinski definition) is 1. The van der Waals surface area contributed by atoms with Crippen molar-refractivity contribution in [3.63, 3.8) is 0 Å². The Kier molecular flexibility index (Phi) is 3.67. The molecule has 0 saturated heterocycles. The van der Waals surface area contributed by atoms with Gasteiger partial charge < -0.3 is 14.4 Å². The third-order valence-corrected chi connectivity index (χ3v) is 2.76. The molecule has 4 nitrogen and oxygen atoms in total. The Morgan fingerprint density at radius 3 is 2.78 bits per heavy atom. The van der Waals surface area contributed by atoms with Crippen molar-refractivity contribution in [1.82, 2.24) is 4.90 Å². The minimum atomic E-state index is -0.0438. The summed E-state index contributed by atoms with van der Waals surface area (Å²) in [6, 6.07) is 8.69. The largest absolute Gasteiger partial charge is 0.508 e. The number of furan rings is 1. The van der Waals surface area contributed by atoms with Gasteiger partial charge in [-0.05, 0) is 12.1 Å². The lowest BCUT2D eigenvalue weighted by Gasteiger charge is -2.16. The number of aromatic hydroxyl groups is 1. The fraction of sp³-hybridized carbons (Fsp3) is 0.214. The highest BCUT2D eigenvalue weighted by Gasteiger charge is 2.12. The van der Waals surface area contributed by atoms with Crippen LogP contribution in [0, 0.1) is 0 Å². The van der Waals surface area contributed by atoms with Crippen LogP contribution in [0.4, 0.5) is 0 Å². The van der Waals surface area contributed by atoms with E-state index < -0.39 is 0 Å². The third kappa shape index (κ3) is 2.91. The van der Waals surface area contributed by atoms with Crippen LogP contribution in [0.3, 0.4) is 0 Å². The number of hydrogen-bond acceptors (Lipinski definition) is 3. The van der Waals surface area contributed by atoms with E-state index in [-0.39, 0.29) is 18.1 Å². The van der Waals surface area contributed by atoms with Gasteiger partial charge in [-0.25, -0.2) is 0 Å². The first-order valence-electron chi connectivity index (χ1n) is 5.68. The van der Waals surface area contributed by atoms with Crippen molar-refractivity contribution in [1.29, 1.82) is 0 Å². The zero-order valence-corrected chi connectivity index (χ0v) is 10.2. The van der Waals surface area contributed by atoms with E-state index >= 15 is 0 Å². The first-order valence-corrected chi connectivity index (χ1v) is 5.68. The second-order valence-electron chi connectivity index (χ2n) is 4.19. The van der Waals surface area contributed by atoms with Crippen LogP contribution < -0.4 is 0 Å². The Balaban J connectivity index is 1.98. The molecule has 0 radical (unpaired) electrons. The minimum absolute atomic E-state index is 0.0438. The number of nitrogens with zero attached hydrogens (tertiary/aromatic N) is 1. The predicted molar refractivity (Wildman–Crippen MR) is 67.0 cm³/mol. The molecule has 0 aliphatic heterocycles. The summed E-state index contributed by atoms with van der Waals surface area (Å²) in [5.74, 6) is 0.111. The first kappa shape index (κ1) is 12.2. The van der Waals surface area contributed by atoms with Gasteiger partial charge in [0, 0.05) is 24.7 Å². The molecule has 94 valence electrons. The number of para-hydroxylation sites is 1. The van der Waals surface area contributed by atoms with E-state index in [1.165, 1.54) is 0 Å². The summed E-state index contributed by atoms with van der Waals surface area (Å²) in [5.41, 5.74) is 1.59. The Bertz CT molecular complexity index is 520. The van der Waals surface area contributed by atoms with E-state index in [4.69, 9.17) is 4.42 Å². The number of carbonyl (C=O) groups excluding carboxylic acids is 1. The number of amides is 1. The third-order valence-electron chi connectivity index (χ3n) is 2.76. The van der Waals surface area contributed by atoms with Crippen LogP contribution in [-0.2, 0) is 17.8 Å². The number of rotatable bonds is 4. The van der Waals surface area contributed by atoms with Crippen LogP contribution >= 0.6 is 0 Å². The fourth-order valence-corrected chi connectivity index (χ4v) is 1.70. The van der Waals surface area contributed by atoms with Crippen LogP contribution in [0.15, 0.2) is 47.3 Å². The first-order chi connectivity index (χ1) is 8.66. The van der Waals surface area contributed by atoms with Gasteiger partial charge in [-0.3, -0.25) is 4.79 Å². The lowest BCUT2D eigenvalue weighted by atomic mass is 10.1. The van der Waals surface area contributed by atoms with Gasteiger partial charge in [0.1, 0.15) is 5.75 Å². The highest BCUT2D eigenvalue weighted by Crippen LogP contribution is 2.17. The molecule has 1 amide bonds. The van der Waals surface area contributed by atoms with Crippen molar-refractivity contribution < 1.29 is 14.3 Å². The maximum atomic E-state index is 12.0. The Hall–Kier alpha value is -2.23. The summed E-state index contributed by atoms with van der Waals surface area (Å²) in [4.78, 5) is 13.6. The SMILES string of the molecule is CN(Cc1ccoc1)C(=O)Cc1ccccc1O. The Labute approximate surface area is 105 Å². The average Bonchev–Trinajstić information content (AvgIpc) is 2.84. The summed E-state index contributed by atoms with van der Waals surface area (Å²) in [5, 5.41) is 9.61. The monoisotopic (exact) mass is 245 g/mol. The lowest BCUT2D eigenvalue weighted by Crippen LogP contribution is -2.27. The predicted octanol–water partition coefficient (Wildman–Crippen LogP) is 2.19. The number of phenolic OH excluding ortho intramolecular Hbond substituents is 1. The molecule has 4 heteroatoms. The van der Waals surface area contributed by atoms with Crippen molar-refractivity contribution in [2.75, 3.05) is 7.05 Å².